The number of nitrogens with one attached hydrogen (secondary N) is 1. The lowest BCUT2D eigenvalue weighted by Gasteiger charge is -2.11. The number of ether oxygens (including phenoxy) is 1. The van der Waals surface area contributed by atoms with E-state index in [1.165, 1.54) is 11.8 Å². The Hall–Kier alpha value is -1.99. The van der Waals surface area contributed by atoms with E-state index in [9.17, 15) is 9.59 Å². The fourth-order valence-electron chi connectivity index (χ4n) is 1.97. The van der Waals surface area contributed by atoms with Gasteiger partial charge in [0.2, 0.25) is 5.91 Å². The van der Waals surface area contributed by atoms with Crippen LogP contribution in [0.4, 0.5) is 5.69 Å². The third-order valence-electron chi connectivity index (χ3n) is 3.03. The monoisotopic (exact) mass is 376 g/mol. The minimum absolute atomic E-state index is 0.155. The van der Waals surface area contributed by atoms with Gasteiger partial charge in [0.1, 0.15) is 5.03 Å². The molecule has 0 atom stereocenters. The number of rotatable bonds is 7. The van der Waals surface area contributed by atoms with Gasteiger partial charge in [-0.05, 0) is 50.4 Å². The van der Waals surface area contributed by atoms with Crippen LogP contribution in [0.15, 0.2) is 52.5 Å². The Balaban J connectivity index is 1.98. The van der Waals surface area contributed by atoms with Gasteiger partial charge in [0.15, 0.2) is 0 Å². The van der Waals surface area contributed by atoms with Crippen molar-refractivity contribution in [3.8, 4) is 0 Å². The molecule has 1 amide bonds. The number of benzene rings is 1. The number of carbonyl (C=O) groups excluding carboxylic acids is 2. The third kappa shape index (κ3) is 6.10. The molecule has 0 saturated carbocycles. The van der Waals surface area contributed by atoms with Crippen LogP contribution in [0.1, 0.15) is 24.2 Å². The molecule has 2 rings (SSSR count). The molecule has 132 valence electrons. The van der Waals surface area contributed by atoms with E-state index in [1.54, 1.807) is 43.9 Å². The summed E-state index contributed by atoms with van der Waals surface area (Å²) in [5.41, 5.74) is 1.12. The van der Waals surface area contributed by atoms with Crippen LogP contribution in [0.3, 0.4) is 0 Å². The second-order valence-corrected chi connectivity index (χ2v) is 7.22. The van der Waals surface area contributed by atoms with E-state index in [0.29, 0.717) is 10.6 Å². The standard InChI is InChI=1S/C18H20N2O3S2/c1-12(2)23-18(22)15-8-5-9-19-17(15)25-11-16(21)20-13-6-4-7-14(10-13)24-3/h4-10,12H,11H2,1-3H3,(H,20,21). The quantitative estimate of drug-likeness (QED) is 0.580. The molecule has 1 N–H and O–H groups in total. The average Bonchev–Trinajstić information content (AvgIpc) is 2.59. The largest absolute Gasteiger partial charge is 0.459 e. The smallest absolute Gasteiger partial charge is 0.341 e. The van der Waals surface area contributed by atoms with Gasteiger partial charge in [-0.2, -0.15) is 0 Å². The number of amides is 1. The molecule has 0 radical (unpaired) electrons. The number of aromatic nitrogens is 1. The van der Waals surface area contributed by atoms with Crippen molar-refractivity contribution in [2.75, 3.05) is 17.3 Å². The minimum atomic E-state index is -0.432. The summed E-state index contributed by atoms with van der Waals surface area (Å²) in [4.78, 5) is 29.5. The molecule has 25 heavy (non-hydrogen) atoms. The van der Waals surface area contributed by atoms with Gasteiger partial charge in [-0.25, -0.2) is 9.78 Å². The van der Waals surface area contributed by atoms with Crippen molar-refractivity contribution in [1.82, 2.24) is 4.98 Å². The van der Waals surface area contributed by atoms with Gasteiger partial charge in [0.05, 0.1) is 17.4 Å². The van der Waals surface area contributed by atoms with E-state index in [-0.39, 0.29) is 17.8 Å². The number of hydrogen-bond acceptors (Lipinski definition) is 6. The second kappa shape index (κ2) is 9.48. The Morgan fingerprint density at radius 3 is 2.76 bits per heavy atom. The van der Waals surface area contributed by atoms with Gasteiger partial charge < -0.3 is 10.1 Å². The molecule has 2 aromatic rings. The first kappa shape index (κ1) is 19.3. The lowest BCUT2D eigenvalue weighted by Crippen LogP contribution is -2.16. The molecule has 0 fully saturated rings. The molecule has 0 bridgehead atoms. The van der Waals surface area contributed by atoms with Crippen molar-refractivity contribution in [3.05, 3.63) is 48.2 Å². The lowest BCUT2D eigenvalue weighted by molar-refractivity contribution is -0.113. The lowest BCUT2D eigenvalue weighted by atomic mass is 10.3. The molecular formula is C18H20N2O3S2. The molecule has 5 nitrogen and oxygen atoms in total. The number of hydrogen-bond donors (Lipinski definition) is 1. The van der Waals surface area contributed by atoms with Crippen LogP contribution in [0.2, 0.25) is 0 Å². The van der Waals surface area contributed by atoms with Crippen molar-refractivity contribution in [2.45, 2.75) is 29.9 Å². The summed E-state index contributed by atoms with van der Waals surface area (Å²) in [5.74, 6) is -0.432. The Kier molecular flexibility index (Phi) is 7.33. The first-order chi connectivity index (χ1) is 12.0. The fourth-order valence-corrected chi connectivity index (χ4v) is 3.21. The van der Waals surface area contributed by atoms with Crippen molar-refractivity contribution in [3.63, 3.8) is 0 Å². The molecular weight excluding hydrogens is 356 g/mol. The number of carbonyl (C=O) groups is 2. The molecule has 0 saturated heterocycles. The zero-order chi connectivity index (χ0) is 18.2. The van der Waals surface area contributed by atoms with Crippen LogP contribution in [-0.2, 0) is 9.53 Å². The van der Waals surface area contributed by atoms with Gasteiger partial charge in [0.25, 0.3) is 0 Å². The Labute approximate surface area is 155 Å². The normalized spacial score (nSPS) is 10.6. The predicted molar refractivity (Wildman–Crippen MR) is 102 cm³/mol. The zero-order valence-electron chi connectivity index (χ0n) is 14.3. The fraction of sp³-hybridized carbons (Fsp3) is 0.278. The van der Waals surface area contributed by atoms with Crippen molar-refractivity contribution in [1.29, 1.82) is 0 Å². The zero-order valence-corrected chi connectivity index (χ0v) is 15.9. The maximum Gasteiger partial charge on any atom is 0.341 e. The summed E-state index contributed by atoms with van der Waals surface area (Å²) in [5, 5.41) is 3.34. The van der Waals surface area contributed by atoms with E-state index < -0.39 is 5.97 Å². The van der Waals surface area contributed by atoms with E-state index in [2.05, 4.69) is 10.3 Å². The highest BCUT2D eigenvalue weighted by molar-refractivity contribution is 8.00. The van der Waals surface area contributed by atoms with Crippen molar-refractivity contribution >= 4 is 41.1 Å². The highest BCUT2D eigenvalue weighted by atomic mass is 32.2. The van der Waals surface area contributed by atoms with Crippen LogP contribution in [0.25, 0.3) is 0 Å². The average molecular weight is 377 g/mol. The molecule has 0 aliphatic rings. The van der Waals surface area contributed by atoms with Gasteiger partial charge in [0, 0.05) is 16.8 Å². The minimum Gasteiger partial charge on any atom is -0.459 e. The molecule has 0 unspecified atom stereocenters. The molecule has 1 aromatic carbocycles. The van der Waals surface area contributed by atoms with Crippen LogP contribution in [0.5, 0.6) is 0 Å². The second-order valence-electron chi connectivity index (χ2n) is 5.38. The molecule has 0 aliphatic heterocycles. The van der Waals surface area contributed by atoms with Gasteiger partial charge in [-0.15, -0.1) is 11.8 Å². The number of esters is 1. The summed E-state index contributed by atoms with van der Waals surface area (Å²) in [6, 6.07) is 11.0. The number of pyridine rings is 1. The SMILES string of the molecule is CSc1cccc(NC(=O)CSc2ncccc2C(=O)OC(C)C)c1. The number of anilines is 1. The topological polar surface area (TPSA) is 68.3 Å². The van der Waals surface area contributed by atoms with Crippen LogP contribution in [0, 0.1) is 0 Å². The maximum absolute atomic E-state index is 12.2. The van der Waals surface area contributed by atoms with Crippen molar-refractivity contribution < 1.29 is 14.3 Å². The Morgan fingerprint density at radius 2 is 2.04 bits per heavy atom. The van der Waals surface area contributed by atoms with Crippen LogP contribution < -0.4 is 5.32 Å². The van der Waals surface area contributed by atoms with E-state index in [1.807, 2.05) is 30.5 Å². The van der Waals surface area contributed by atoms with E-state index in [4.69, 9.17) is 4.74 Å². The van der Waals surface area contributed by atoms with Crippen LogP contribution in [-0.4, -0.2) is 35.0 Å². The summed E-state index contributed by atoms with van der Waals surface area (Å²) in [6.45, 7) is 3.58. The molecule has 1 heterocycles. The maximum atomic E-state index is 12.2. The van der Waals surface area contributed by atoms with E-state index >= 15 is 0 Å². The number of thioether (sulfide) groups is 2. The van der Waals surface area contributed by atoms with Crippen molar-refractivity contribution in [2.24, 2.45) is 0 Å². The number of nitrogens with zero attached hydrogens (tertiary/aromatic N) is 1. The molecule has 0 aliphatic carbocycles. The molecule has 1 aromatic heterocycles. The highest BCUT2D eigenvalue weighted by Crippen LogP contribution is 2.22. The summed E-state index contributed by atoms with van der Waals surface area (Å²) >= 11 is 2.82. The predicted octanol–water partition coefficient (Wildman–Crippen LogP) is 4.10. The summed E-state index contributed by atoms with van der Waals surface area (Å²) in [6.07, 6.45) is 3.36. The molecule has 7 heteroatoms. The summed E-state index contributed by atoms with van der Waals surface area (Å²) < 4.78 is 5.21. The van der Waals surface area contributed by atoms with Gasteiger partial charge in [-0.3, -0.25) is 4.79 Å². The Morgan fingerprint density at radius 1 is 1.24 bits per heavy atom. The summed E-state index contributed by atoms with van der Waals surface area (Å²) in [7, 11) is 0. The van der Waals surface area contributed by atoms with Crippen LogP contribution >= 0.6 is 23.5 Å². The Bertz CT molecular complexity index is 751. The molecule has 0 spiro atoms. The highest BCUT2D eigenvalue weighted by Gasteiger charge is 2.16. The first-order valence-corrected chi connectivity index (χ1v) is 9.93. The van der Waals surface area contributed by atoms with E-state index in [0.717, 1.165) is 10.6 Å². The van der Waals surface area contributed by atoms with Gasteiger partial charge >= 0.3 is 5.97 Å². The third-order valence-corrected chi connectivity index (χ3v) is 4.76. The van der Waals surface area contributed by atoms with Gasteiger partial charge in [-0.1, -0.05) is 17.8 Å². The first-order valence-electron chi connectivity index (χ1n) is 7.72.